The highest BCUT2D eigenvalue weighted by molar-refractivity contribution is 5.87. The molecule has 1 aromatic carbocycles. The number of H-pyrrole nitrogens is 1. The van der Waals surface area contributed by atoms with Gasteiger partial charge in [0.25, 0.3) is 0 Å². The minimum Gasteiger partial charge on any atom is -0.358 e. The van der Waals surface area contributed by atoms with E-state index in [0.29, 0.717) is 6.42 Å². The Morgan fingerprint density at radius 3 is 3.04 bits per heavy atom. The molecule has 1 aromatic heterocycles. The predicted molar refractivity (Wildman–Crippen MR) is 97.9 cm³/mol. The molecule has 2 aliphatic carbocycles. The predicted octanol–water partition coefficient (Wildman–Crippen LogP) is 4.42. The Morgan fingerprint density at radius 2 is 2.20 bits per heavy atom. The summed E-state index contributed by atoms with van der Waals surface area (Å²) in [6, 6.07) is 4.85. The summed E-state index contributed by atoms with van der Waals surface area (Å²) in [5.41, 5.74) is 4.74. The number of benzene rings is 1. The number of hydrogen-bond donors (Lipinski definition) is 2. The molecule has 4 rings (SSSR count). The number of aryl methyl sites for hydroxylation is 1. The number of aromatic amines is 1. The molecule has 0 aliphatic heterocycles. The Bertz CT molecular complexity index is 821. The monoisotopic (exact) mass is 340 g/mol. The zero-order chi connectivity index (χ0) is 17.2. The van der Waals surface area contributed by atoms with Gasteiger partial charge in [-0.1, -0.05) is 11.6 Å². The van der Waals surface area contributed by atoms with Gasteiger partial charge in [0.2, 0.25) is 5.91 Å². The smallest absolute Gasteiger partial charge is 0.223 e. The topological polar surface area (TPSA) is 44.9 Å². The average molecular weight is 340 g/mol. The highest BCUT2D eigenvalue weighted by atomic mass is 19.1. The second-order valence-electron chi connectivity index (χ2n) is 7.36. The minimum atomic E-state index is -0.221. The zero-order valence-corrected chi connectivity index (χ0v) is 14.5. The summed E-state index contributed by atoms with van der Waals surface area (Å²) < 4.78 is 13.6. The van der Waals surface area contributed by atoms with Crippen LogP contribution in [0.3, 0.4) is 0 Å². The lowest BCUT2D eigenvalue weighted by molar-refractivity contribution is -0.125. The van der Waals surface area contributed by atoms with Crippen LogP contribution >= 0.6 is 0 Å². The molecule has 0 saturated heterocycles. The Hall–Kier alpha value is -2.10. The third-order valence-corrected chi connectivity index (χ3v) is 5.65. The fourth-order valence-electron chi connectivity index (χ4n) is 4.24. The van der Waals surface area contributed by atoms with E-state index in [4.69, 9.17) is 0 Å². The molecular formula is C21H25FN2O. The second-order valence-corrected chi connectivity index (χ2v) is 7.36. The molecule has 2 aliphatic rings. The van der Waals surface area contributed by atoms with E-state index in [0.717, 1.165) is 48.0 Å². The maximum Gasteiger partial charge on any atom is 0.223 e. The Labute approximate surface area is 147 Å². The summed E-state index contributed by atoms with van der Waals surface area (Å²) in [5.74, 6) is -0.0791. The third-order valence-electron chi connectivity index (χ3n) is 5.65. The number of carbonyl (C=O) groups is 1. The van der Waals surface area contributed by atoms with Crippen LogP contribution in [0, 0.1) is 11.7 Å². The van der Waals surface area contributed by atoms with Crippen molar-refractivity contribution >= 4 is 16.8 Å². The van der Waals surface area contributed by atoms with E-state index in [2.05, 4.69) is 16.4 Å². The van der Waals surface area contributed by atoms with Gasteiger partial charge in [-0.2, -0.15) is 0 Å². The van der Waals surface area contributed by atoms with Crippen LogP contribution < -0.4 is 5.32 Å². The Balaban J connectivity index is 1.39. The van der Waals surface area contributed by atoms with E-state index in [-0.39, 0.29) is 17.6 Å². The molecule has 2 N–H and O–H groups in total. The van der Waals surface area contributed by atoms with Gasteiger partial charge in [-0.25, -0.2) is 4.39 Å². The first-order valence-corrected chi connectivity index (χ1v) is 9.45. The van der Waals surface area contributed by atoms with Gasteiger partial charge in [0.05, 0.1) is 0 Å². The molecule has 2 aromatic rings. The maximum atomic E-state index is 13.6. The molecule has 1 heterocycles. The summed E-state index contributed by atoms with van der Waals surface area (Å²) in [6.45, 7) is 0.733. The van der Waals surface area contributed by atoms with E-state index >= 15 is 0 Å². The van der Waals surface area contributed by atoms with E-state index in [1.807, 2.05) is 0 Å². The van der Waals surface area contributed by atoms with Crippen LogP contribution in [-0.2, 0) is 17.6 Å². The average Bonchev–Trinajstić information content (AvgIpc) is 2.99. The van der Waals surface area contributed by atoms with Crippen molar-refractivity contribution in [1.82, 2.24) is 10.3 Å². The molecule has 1 atom stereocenters. The van der Waals surface area contributed by atoms with E-state index in [1.165, 1.54) is 37.3 Å². The molecule has 0 saturated carbocycles. The van der Waals surface area contributed by atoms with Crippen LogP contribution in [0.2, 0.25) is 0 Å². The number of rotatable bonds is 4. The van der Waals surface area contributed by atoms with E-state index in [1.54, 1.807) is 12.1 Å². The fourth-order valence-corrected chi connectivity index (χ4v) is 4.24. The molecule has 1 unspecified atom stereocenters. The number of nitrogens with one attached hydrogen (secondary N) is 2. The number of carbonyl (C=O) groups excluding carboxylic acids is 1. The molecule has 1 amide bonds. The van der Waals surface area contributed by atoms with Gasteiger partial charge in [-0.3, -0.25) is 4.79 Å². The van der Waals surface area contributed by atoms with Crippen LogP contribution in [0.15, 0.2) is 29.8 Å². The van der Waals surface area contributed by atoms with Crippen molar-refractivity contribution in [3.8, 4) is 0 Å². The van der Waals surface area contributed by atoms with Gasteiger partial charge in [0.1, 0.15) is 5.82 Å². The van der Waals surface area contributed by atoms with Crippen LogP contribution in [0.25, 0.3) is 10.9 Å². The van der Waals surface area contributed by atoms with Gasteiger partial charge < -0.3 is 10.3 Å². The molecule has 0 bridgehead atoms. The van der Waals surface area contributed by atoms with Crippen LogP contribution in [0.5, 0.6) is 0 Å². The maximum absolute atomic E-state index is 13.6. The highest BCUT2D eigenvalue weighted by Crippen LogP contribution is 2.32. The van der Waals surface area contributed by atoms with Crippen molar-refractivity contribution in [1.29, 1.82) is 0 Å². The first-order chi connectivity index (χ1) is 12.2. The van der Waals surface area contributed by atoms with Crippen molar-refractivity contribution in [2.75, 3.05) is 6.54 Å². The highest BCUT2D eigenvalue weighted by Gasteiger charge is 2.27. The number of halogens is 1. The summed E-state index contributed by atoms with van der Waals surface area (Å²) in [5, 5.41) is 4.05. The standard InChI is InChI=1S/C21H25FN2O/c22-16-7-9-20-18(13-16)17-12-15(6-8-19(17)24-20)21(25)23-11-10-14-4-2-1-3-5-14/h4,7,9,13,15,24H,1-3,5-6,8,10-12H2,(H,23,25). The van der Waals surface area contributed by atoms with Crippen molar-refractivity contribution in [2.45, 2.75) is 51.4 Å². The summed E-state index contributed by atoms with van der Waals surface area (Å²) >= 11 is 0. The van der Waals surface area contributed by atoms with Crippen LogP contribution in [0.1, 0.15) is 49.8 Å². The molecule has 4 heteroatoms. The molecule has 25 heavy (non-hydrogen) atoms. The second kappa shape index (κ2) is 7.03. The number of allylic oxidation sites excluding steroid dienone is 1. The van der Waals surface area contributed by atoms with Gasteiger partial charge >= 0.3 is 0 Å². The quantitative estimate of drug-likeness (QED) is 0.795. The Kier molecular flexibility index (Phi) is 4.60. The third kappa shape index (κ3) is 3.48. The van der Waals surface area contributed by atoms with E-state index < -0.39 is 0 Å². The van der Waals surface area contributed by atoms with Crippen molar-refractivity contribution in [2.24, 2.45) is 5.92 Å². The summed E-state index contributed by atoms with van der Waals surface area (Å²) in [4.78, 5) is 15.9. The number of amides is 1. The lowest BCUT2D eigenvalue weighted by atomic mass is 9.85. The first-order valence-electron chi connectivity index (χ1n) is 9.45. The number of hydrogen-bond acceptors (Lipinski definition) is 1. The van der Waals surface area contributed by atoms with Gasteiger partial charge in [0, 0.05) is 29.1 Å². The van der Waals surface area contributed by atoms with Gasteiger partial charge in [-0.15, -0.1) is 0 Å². The van der Waals surface area contributed by atoms with E-state index in [9.17, 15) is 9.18 Å². The normalized spacial score (nSPS) is 20.2. The number of fused-ring (bicyclic) bond motifs is 3. The van der Waals surface area contributed by atoms with Gasteiger partial charge in [0.15, 0.2) is 0 Å². The van der Waals surface area contributed by atoms with Gasteiger partial charge in [-0.05, 0) is 75.1 Å². The lowest BCUT2D eigenvalue weighted by Gasteiger charge is -2.22. The largest absolute Gasteiger partial charge is 0.358 e. The van der Waals surface area contributed by atoms with Crippen LogP contribution in [-0.4, -0.2) is 17.4 Å². The van der Waals surface area contributed by atoms with Crippen LogP contribution in [0.4, 0.5) is 4.39 Å². The molecule has 0 fully saturated rings. The number of aromatic nitrogens is 1. The molecular weight excluding hydrogens is 315 g/mol. The summed E-state index contributed by atoms with van der Waals surface area (Å²) in [6.07, 6.45) is 10.7. The zero-order valence-electron chi connectivity index (χ0n) is 14.5. The SMILES string of the molecule is O=C(NCCC1=CCCCC1)C1CCc2[nH]c3ccc(F)cc3c2C1. The molecule has 0 spiro atoms. The molecule has 132 valence electrons. The molecule has 3 nitrogen and oxygen atoms in total. The first kappa shape index (κ1) is 16.4. The fraction of sp³-hybridized carbons (Fsp3) is 0.476. The Morgan fingerprint density at radius 1 is 1.28 bits per heavy atom. The van der Waals surface area contributed by atoms with Crippen molar-refractivity contribution in [3.63, 3.8) is 0 Å². The van der Waals surface area contributed by atoms with Crippen molar-refractivity contribution < 1.29 is 9.18 Å². The summed E-state index contributed by atoms with van der Waals surface area (Å²) in [7, 11) is 0. The lowest BCUT2D eigenvalue weighted by Crippen LogP contribution is -2.34. The van der Waals surface area contributed by atoms with Crippen molar-refractivity contribution in [3.05, 3.63) is 46.9 Å². The molecule has 0 radical (unpaired) electrons. The minimum absolute atomic E-state index is 0.00453.